The van der Waals surface area contributed by atoms with Gasteiger partial charge in [-0.2, -0.15) is 0 Å². The standard InChI is InChI=1S/C72H66Cl2F8/c1-43-27-31-50-51-32-28-45(40-57(51)71(56(50)39-43,35-19-11-7-3-5-9-13-21-37-73)36-20-12-8-4-6-10-14-22-38-74)61-67(79)69(81)62(70(82)68(61)80)47-30-34-53-49-24-16-18-26-55(49)72(59(53)42-47)54-25-17-15-23-48(54)52-33-29-46(41-58(52)72)60-65(77)63(75)44(2)64(76)66(60)78/h15-18,23-34,39-42H,3-14,19-22,35-38H2,1-2H3. The summed E-state index contributed by atoms with van der Waals surface area (Å²) in [5, 5.41) is 0. The Morgan fingerprint density at radius 2 is 0.610 bits per heavy atom. The van der Waals surface area contributed by atoms with Crippen molar-refractivity contribution in [2.24, 2.45) is 0 Å². The van der Waals surface area contributed by atoms with Crippen molar-refractivity contribution in [2.75, 3.05) is 11.8 Å². The lowest BCUT2D eigenvalue weighted by Crippen LogP contribution is -2.26. The van der Waals surface area contributed by atoms with E-state index in [-0.39, 0.29) is 16.7 Å². The van der Waals surface area contributed by atoms with Gasteiger partial charge in [0.25, 0.3) is 0 Å². The molecular weight excluding hydrogens is 1090 g/mol. The van der Waals surface area contributed by atoms with E-state index < -0.39 is 79.6 Å². The highest BCUT2D eigenvalue weighted by Crippen LogP contribution is 2.64. The molecule has 0 heterocycles. The van der Waals surface area contributed by atoms with Gasteiger partial charge in [-0.05, 0) is 141 Å². The highest BCUT2D eigenvalue weighted by Gasteiger charge is 2.52. The Kier molecular flexibility index (Phi) is 17.0. The van der Waals surface area contributed by atoms with Gasteiger partial charge in [-0.25, -0.2) is 35.1 Å². The van der Waals surface area contributed by atoms with E-state index in [0.29, 0.717) is 45.1 Å². The van der Waals surface area contributed by atoms with Crippen molar-refractivity contribution in [1.82, 2.24) is 0 Å². The number of aryl methyl sites for hydroxylation is 1. The molecule has 3 aliphatic carbocycles. The van der Waals surface area contributed by atoms with Crippen LogP contribution in [-0.2, 0) is 10.8 Å². The van der Waals surface area contributed by atoms with E-state index in [9.17, 15) is 0 Å². The van der Waals surface area contributed by atoms with Gasteiger partial charge in [-0.15, -0.1) is 23.2 Å². The number of fused-ring (bicyclic) bond motifs is 13. The second kappa shape index (κ2) is 24.2. The lowest BCUT2D eigenvalue weighted by Gasteiger charge is -2.33. The first-order chi connectivity index (χ1) is 39.8. The minimum Gasteiger partial charge on any atom is -0.203 e. The largest absolute Gasteiger partial charge is 0.203 e. The molecule has 11 rings (SSSR count). The second-order valence-electron chi connectivity index (χ2n) is 23.1. The van der Waals surface area contributed by atoms with Crippen LogP contribution in [0.5, 0.6) is 0 Å². The van der Waals surface area contributed by atoms with Gasteiger partial charge in [0.05, 0.1) is 22.1 Å². The van der Waals surface area contributed by atoms with Crippen LogP contribution in [0.25, 0.3) is 66.8 Å². The first-order valence-electron chi connectivity index (χ1n) is 29.4. The highest BCUT2D eigenvalue weighted by molar-refractivity contribution is 6.18. The minimum atomic E-state index is -1.56. The Morgan fingerprint density at radius 3 is 1.01 bits per heavy atom. The van der Waals surface area contributed by atoms with Gasteiger partial charge >= 0.3 is 0 Å². The Bertz CT molecular complexity index is 3640. The van der Waals surface area contributed by atoms with Crippen LogP contribution >= 0.6 is 23.2 Å². The van der Waals surface area contributed by atoms with Crippen molar-refractivity contribution in [3.63, 3.8) is 0 Å². The molecule has 10 heteroatoms. The van der Waals surface area contributed by atoms with Gasteiger partial charge in [0.2, 0.25) is 0 Å². The Morgan fingerprint density at radius 1 is 0.305 bits per heavy atom. The Balaban J connectivity index is 0.995. The van der Waals surface area contributed by atoms with Crippen molar-refractivity contribution in [1.29, 1.82) is 0 Å². The van der Waals surface area contributed by atoms with Crippen molar-refractivity contribution in [3.05, 3.63) is 212 Å². The van der Waals surface area contributed by atoms with Crippen molar-refractivity contribution in [3.8, 4) is 66.8 Å². The van der Waals surface area contributed by atoms with E-state index in [0.717, 1.165) is 156 Å². The van der Waals surface area contributed by atoms with Crippen molar-refractivity contribution >= 4 is 23.2 Å². The summed E-state index contributed by atoms with van der Waals surface area (Å²) in [5.41, 5.74) is 4.98. The summed E-state index contributed by atoms with van der Waals surface area (Å²) >= 11 is 11.9. The SMILES string of the molecule is Cc1ccc2c(c1)C(CCCCCCCCCCCl)(CCCCCCCCCCCl)c1cc(-c3c(F)c(F)c(-c4ccc5c(c4)C4(c6ccccc6-c6ccc(-c7c(F)c(F)c(C)c(F)c7F)cc64)c4ccccc4-5)c(F)c3F)ccc1-2. The zero-order chi connectivity index (χ0) is 57.5. The van der Waals surface area contributed by atoms with Crippen LogP contribution in [0.1, 0.15) is 160 Å². The molecule has 0 nitrogen and oxygen atoms in total. The molecule has 0 fully saturated rings. The molecule has 0 bridgehead atoms. The maximum Gasteiger partial charge on any atom is 0.170 e. The van der Waals surface area contributed by atoms with E-state index in [2.05, 4.69) is 25.1 Å². The molecule has 0 saturated heterocycles. The number of benzene rings is 8. The third kappa shape index (κ3) is 9.79. The highest BCUT2D eigenvalue weighted by atomic mass is 35.5. The van der Waals surface area contributed by atoms with Gasteiger partial charge < -0.3 is 0 Å². The first kappa shape index (κ1) is 57.6. The fourth-order valence-electron chi connectivity index (χ4n) is 14.2. The van der Waals surface area contributed by atoms with Gasteiger partial charge in [-0.3, -0.25) is 0 Å². The maximum atomic E-state index is 17.4. The van der Waals surface area contributed by atoms with E-state index in [1.54, 1.807) is 24.3 Å². The molecule has 1 atom stereocenters. The molecule has 0 saturated carbocycles. The zero-order valence-corrected chi connectivity index (χ0v) is 48.0. The summed E-state index contributed by atoms with van der Waals surface area (Å²) in [6.07, 6.45) is 19.0. The topological polar surface area (TPSA) is 0 Å². The monoisotopic (exact) mass is 1150 g/mol. The van der Waals surface area contributed by atoms with Crippen LogP contribution in [0.15, 0.2) is 121 Å². The number of alkyl halides is 2. The minimum absolute atomic E-state index is 0.0421. The van der Waals surface area contributed by atoms with Crippen LogP contribution in [0, 0.1) is 60.4 Å². The van der Waals surface area contributed by atoms with Crippen LogP contribution < -0.4 is 0 Å². The summed E-state index contributed by atoms with van der Waals surface area (Å²) < 4.78 is 132. The maximum absolute atomic E-state index is 17.4. The molecule has 82 heavy (non-hydrogen) atoms. The third-order valence-corrected chi connectivity index (χ3v) is 18.7. The normalized spacial score (nSPS) is 15.0. The van der Waals surface area contributed by atoms with Crippen molar-refractivity contribution < 1.29 is 35.1 Å². The predicted octanol–water partition coefficient (Wildman–Crippen LogP) is 22.5. The van der Waals surface area contributed by atoms with Gasteiger partial charge in [0.1, 0.15) is 0 Å². The summed E-state index contributed by atoms with van der Waals surface area (Å²) in [4.78, 5) is 0. The molecule has 8 aromatic carbocycles. The summed E-state index contributed by atoms with van der Waals surface area (Å²) in [6, 6.07) is 35.8. The summed E-state index contributed by atoms with van der Waals surface area (Å²) in [7, 11) is 0. The fourth-order valence-corrected chi connectivity index (χ4v) is 14.6. The summed E-state index contributed by atoms with van der Waals surface area (Å²) in [5.74, 6) is -10.9. The first-order valence-corrected chi connectivity index (χ1v) is 30.4. The Labute approximate surface area is 487 Å². The predicted molar refractivity (Wildman–Crippen MR) is 319 cm³/mol. The van der Waals surface area contributed by atoms with Crippen LogP contribution in [0.4, 0.5) is 35.1 Å². The average Bonchev–Trinajstić information content (AvgIpc) is 1.59. The molecule has 0 N–H and O–H groups in total. The Hall–Kier alpha value is -6.22. The van der Waals surface area contributed by atoms with Crippen LogP contribution in [0.3, 0.4) is 0 Å². The number of hydrogen-bond donors (Lipinski definition) is 0. The second-order valence-corrected chi connectivity index (χ2v) is 23.8. The molecule has 0 radical (unpaired) electrons. The molecule has 3 aliphatic rings. The van der Waals surface area contributed by atoms with Crippen LogP contribution in [0.2, 0.25) is 0 Å². The van der Waals surface area contributed by atoms with Gasteiger partial charge in [-0.1, -0.05) is 199 Å². The zero-order valence-electron chi connectivity index (χ0n) is 46.5. The smallest absolute Gasteiger partial charge is 0.170 e. The number of unbranched alkanes of at least 4 members (excludes halogenated alkanes) is 14. The van der Waals surface area contributed by atoms with Gasteiger partial charge in [0, 0.05) is 22.7 Å². The summed E-state index contributed by atoms with van der Waals surface area (Å²) in [6.45, 7) is 3.04. The third-order valence-electron chi connectivity index (χ3n) is 18.2. The molecule has 424 valence electrons. The lowest BCUT2D eigenvalue weighted by atomic mass is 9.70. The molecule has 0 aromatic heterocycles. The molecule has 0 aliphatic heterocycles. The van der Waals surface area contributed by atoms with Gasteiger partial charge in [0.15, 0.2) is 46.5 Å². The van der Waals surface area contributed by atoms with Crippen LogP contribution in [-0.4, -0.2) is 11.8 Å². The molecular formula is C72H66Cl2F8. The van der Waals surface area contributed by atoms with E-state index in [1.807, 2.05) is 54.6 Å². The fraction of sp³-hybridized carbons (Fsp3) is 0.333. The lowest BCUT2D eigenvalue weighted by molar-refractivity contribution is 0.397. The molecule has 0 amide bonds. The van der Waals surface area contributed by atoms with Crippen molar-refractivity contribution in [2.45, 2.75) is 140 Å². The number of hydrogen-bond acceptors (Lipinski definition) is 0. The average molecular weight is 1150 g/mol. The van der Waals surface area contributed by atoms with E-state index in [4.69, 9.17) is 23.2 Å². The van der Waals surface area contributed by atoms with E-state index in [1.165, 1.54) is 29.8 Å². The number of rotatable bonds is 23. The molecule has 1 unspecified atom stereocenters. The molecule has 8 aromatic rings. The quantitative estimate of drug-likeness (QED) is 0.0259. The molecule has 1 spiro atoms. The number of halogens is 10. The van der Waals surface area contributed by atoms with E-state index >= 15 is 35.1 Å².